The lowest BCUT2D eigenvalue weighted by Crippen LogP contribution is -2.29. The summed E-state index contributed by atoms with van der Waals surface area (Å²) in [5.41, 5.74) is -1.70. The van der Waals surface area contributed by atoms with Gasteiger partial charge in [0, 0.05) is 32.4 Å². The molecule has 1 aliphatic rings. The molecule has 0 bridgehead atoms. The molecule has 0 aliphatic carbocycles. The summed E-state index contributed by atoms with van der Waals surface area (Å²) in [6, 6.07) is 0.937. The Morgan fingerprint density at radius 3 is 2.79 bits per heavy atom. The number of nitrogens with zero attached hydrogens (tertiary/aromatic N) is 2. The van der Waals surface area contributed by atoms with Gasteiger partial charge >= 0.3 is 5.97 Å². The van der Waals surface area contributed by atoms with Crippen LogP contribution in [-0.2, 0) is 6.54 Å². The fourth-order valence-corrected chi connectivity index (χ4v) is 3.76. The summed E-state index contributed by atoms with van der Waals surface area (Å²) in [5, 5.41) is 20.8. The van der Waals surface area contributed by atoms with Crippen molar-refractivity contribution in [2.45, 2.75) is 19.9 Å². The number of rotatable bonds is 7. The van der Waals surface area contributed by atoms with Crippen LogP contribution >= 0.6 is 0 Å². The number of aliphatic hydroxyl groups is 1. The fourth-order valence-electron chi connectivity index (χ4n) is 3.76. The van der Waals surface area contributed by atoms with E-state index < -0.39 is 28.6 Å². The first-order valence-electron chi connectivity index (χ1n) is 9.24. The van der Waals surface area contributed by atoms with Gasteiger partial charge in [-0.15, -0.1) is 0 Å². The summed E-state index contributed by atoms with van der Waals surface area (Å²) in [5.74, 6) is -2.98. The standard InChI is InChI=1S/C19H23F2N3O4/c1-2-23-10-13(19(27)28)18(26)12-7-14(20)17(15(21)16(12)23)24-5-3-11(9-24)8-22-4-6-25/h7,10-11,22,25H,2-6,8-9H2,1H3,(H,27,28). The summed E-state index contributed by atoms with van der Waals surface area (Å²) in [4.78, 5) is 25.3. The maximum atomic E-state index is 15.3. The molecule has 0 saturated carbocycles. The first-order valence-corrected chi connectivity index (χ1v) is 9.24. The molecule has 0 spiro atoms. The van der Waals surface area contributed by atoms with Crippen LogP contribution in [0.4, 0.5) is 14.5 Å². The van der Waals surface area contributed by atoms with E-state index in [0.717, 1.165) is 18.7 Å². The number of halogens is 2. The molecule has 2 heterocycles. The normalized spacial score (nSPS) is 16.9. The Morgan fingerprint density at radius 2 is 2.14 bits per heavy atom. The number of aromatic carboxylic acids is 1. The summed E-state index contributed by atoms with van der Waals surface area (Å²) in [6.45, 7) is 3.95. The lowest BCUT2D eigenvalue weighted by atomic mass is 10.1. The van der Waals surface area contributed by atoms with Gasteiger partial charge in [-0.2, -0.15) is 0 Å². The van der Waals surface area contributed by atoms with E-state index in [9.17, 15) is 19.1 Å². The Labute approximate surface area is 160 Å². The lowest BCUT2D eigenvalue weighted by molar-refractivity contribution is 0.0694. The van der Waals surface area contributed by atoms with Gasteiger partial charge in [0.15, 0.2) is 5.82 Å². The Bertz CT molecular complexity index is 961. The van der Waals surface area contributed by atoms with E-state index in [-0.39, 0.29) is 35.7 Å². The van der Waals surface area contributed by atoms with Gasteiger partial charge in [-0.1, -0.05) is 0 Å². The number of hydrogen-bond acceptors (Lipinski definition) is 5. The number of carbonyl (C=O) groups is 1. The van der Waals surface area contributed by atoms with Crippen LogP contribution < -0.4 is 15.6 Å². The van der Waals surface area contributed by atoms with Gasteiger partial charge in [0.05, 0.1) is 17.5 Å². The number of aliphatic hydroxyl groups excluding tert-OH is 1. The number of carboxylic acid groups (broad SMARTS) is 1. The van der Waals surface area contributed by atoms with E-state index >= 15 is 4.39 Å². The van der Waals surface area contributed by atoms with E-state index in [0.29, 0.717) is 26.2 Å². The topological polar surface area (TPSA) is 94.8 Å². The molecular formula is C19H23F2N3O4. The average Bonchev–Trinajstić information content (AvgIpc) is 3.11. The Morgan fingerprint density at radius 1 is 1.39 bits per heavy atom. The van der Waals surface area contributed by atoms with Gasteiger partial charge in [-0.05, 0) is 31.9 Å². The quantitative estimate of drug-likeness (QED) is 0.614. The van der Waals surface area contributed by atoms with E-state index in [1.54, 1.807) is 11.8 Å². The van der Waals surface area contributed by atoms with Crippen LogP contribution in [0, 0.1) is 17.6 Å². The van der Waals surface area contributed by atoms with Crippen molar-refractivity contribution in [2.24, 2.45) is 5.92 Å². The SMILES string of the molecule is CCn1cc(C(=O)O)c(=O)c2cc(F)c(N3CCC(CNCCO)C3)c(F)c21. The van der Waals surface area contributed by atoms with Crippen LogP contribution in [0.25, 0.3) is 10.9 Å². The number of hydrogen-bond donors (Lipinski definition) is 3. The van der Waals surface area contributed by atoms with Crippen molar-refractivity contribution >= 4 is 22.6 Å². The van der Waals surface area contributed by atoms with E-state index in [1.165, 1.54) is 4.57 Å². The van der Waals surface area contributed by atoms with Crippen molar-refractivity contribution in [2.75, 3.05) is 37.7 Å². The summed E-state index contributed by atoms with van der Waals surface area (Å²) in [7, 11) is 0. The maximum Gasteiger partial charge on any atom is 0.341 e. The van der Waals surface area contributed by atoms with E-state index in [2.05, 4.69) is 5.32 Å². The molecule has 1 unspecified atom stereocenters. The monoisotopic (exact) mass is 395 g/mol. The molecule has 2 aromatic rings. The van der Waals surface area contributed by atoms with Crippen LogP contribution in [0.3, 0.4) is 0 Å². The molecule has 3 N–H and O–H groups in total. The molecule has 9 heteroatoms. The van der Waals surface area contributed by atoms with E-state index in [4.69, 9.17) is 5.11 Å². The highest BCUT2D eigenvalue weighted by atomic mass is 19.1. The zero-order valence-electron chi connectivity index (χ0n) is 15.5. The molecule has 1 atom stereocenters. The number of nitrogens with one attached hydrogen (secondary N) is 1. The number of aryl methyl sites for hydroxylation is 1. The van der Waals surface area contributed by atoms with Gasteiger partial charge in [0.1, 0.15) is 17.1 Å². The second-order valence-corrected chi connectivity index (χ2v) is 6.91. The highest BCUT2D eigenvalue weighted by Crippen LogP contribution is 2.33. The molecule has 3 rings (SSSR count). The van der Waals surface area contributed by atoms with Crippen molar-refractivity contribution in [3.63, 3.8) is 0 Å². The van der Waals surface area contributed by atoms with Crippen LogP contribution in [0.15, 0.2) is 17.1 Å². The van der Waals surface area contributed by atoms with Crippen LogP contribution in [-0.4, -0.2) is 53.5 Å². The van der Waals surface area contributed by atoms with Crippen LogP contribution in [0.1, 0.15) is 23.7 Å². The van der Waals surface area contributed by atoms with Gasteiger partial charge in [0.25, 0.3) is 0 Å². The molecule has 1 aromatic carbocycles. The molecule has 1 aliphatic heterocycles. The molecule has 1 aromatic heterocycles. The minimum absolute atomic E-state index is 0.0250. The van der Waals surface area contributed by atoms with Crippen molar-refractivity contribution < 1.29 is 23.8 Å². The summed E-state index contributed by atoms with van der Waals surface area (Å²) >= 11 is 0. The minimum atomic E-state index is -1.43. The van der Waals surface area contributed by atoms with Crippen molar-refractivity contribution in [1.82, 2.24) is 9.88 Å². The molecule has 7 nitrogen and oxygen atoms in total. The second kappa shape index (κ2) is 8.24. The molecular weight excluding hydrogens is 372 g/mol. The van der Waals surface area contributed by atoms with Crippen molar-refractivity contribution in [1.29, 1.82) is 0 Å². The molecule has 0 amide bonds. The number of aromatic nitrogens is 1. The molecule has 152 valence electrons. The number of carboxylic acids is 1. The predicted molar refractivity (Wildman–Crippen MR) is 101 cm³/mol. The summed E-state index contributed by atoms with van der Waals surface area (Å²) in [6.07, 6.45) is 1.84. The molecule has 28 heavy (non-hydrogen) atoms. The number of fused-ring (bicyclic) bond motifs is 1. The van der Waals surface area contributed by atoms with Gasteiger partial charge in [-0.25, -0.2) is 13.6 Å². The third-order valence-electron chi connectivity index (χ3n) is 5.12. The molecule has 1 fully saturated rings. The maximum absolute atomic E-state index is 15.3. The number of pyridine rings is 1. The number of anilines is 1. The Balaban J connectivity index is 2.05. The zero-order chi connectivity index (χ0) is 20.4. The van der Waals surface area contributed by atoms with Crippen molar-refractivity contribution in [3.05, 3.63) is 39.7 Å². The third kappa shape index (κ3) is 3.59. The van der Waals surface area contributed by atoms with Crippen molar-refractivity contribution in [3.8, 4) is 0 Å². The number of benzene rings is 1. The van der Waals surface area contributed by atoms with Gasteiger partial charge in [-0.3, -0.25) is 4.79 Å². The largest absolute Gasteiger partial charge is 0.477 e. The lowest BCUT2D eigenvalue weighted by Gasteiger charge is -2.22. The highest BCUT2D eigenvalue weighted by Gasteiger charge is 2.29. The summed E-state index contributed by atoms with van der Waals surface area (Å²) < 4.78 is 31.5. The van der Waals surface area contributed by atoms with Gasteiger partial charge in [0.2, 0.25) is 5.43 Å². The average molecular weight is 395 g/mol. The van der Waals surface area contributed by atoms with Gasteiger partial charge < -0.3 is 25.0 Å². The van der Waals surface area contributed by atoms with Crippen LogP contribution in [0.2, 0.25) is 0 Å². The van der Waals surface area contributed by atoms with E-state index in [1.807, 2.05) is 0 Å². The molecule has 1 saturated heterocycles. The first kappa shape index (κ1) is 20.2. The fraction of sp³-hybridized carbons (Fsp3) is 0.474. The predicted octanol–water partition coefficient (Wildman–Crippen LogP) is 1.41. The minimum Gasteiger partial charge on any atom is -0.477 e. The molecule has 0 radical (unpaired) electrons. The Kier molecular flexibility index (Phi) is 5.95. The first-order chi connectivity index (χ1) is 13.4. The smallest absolute Gasteiger partial charge is 0.341 e. The Hall–Kier alpha value is -2.52. The van der Waals surface area contributed by atoms with Crippen LogP contribution in [0.5, 0.6) is 0 Å². The second-order valence-electron chi connectivity index (χ2n) is 6.91. The highest BCUT2D eigenvalue weighted by molar-refractivity contribution is 5.93. The zero-order valence-corrected chi connectivity index (χ0v) is 15.5. The third-order valence-corrected chi connectivity index (χ3v) is 5.12.